The molecule has 1 aliphatic carbocycles. The topological polar surface area (TPSA) is 79.7 Å². The van der Waals surface area contributed by atoms with E-state index in [4.69, 9.17) is 0 Å². The van der Waals surface area contributed by atoms with Crippen molar-refractivity contribution in [3.8, 4) is 0 Å². The maximum Gasteiger partial charge on any atom is 0.253 e. The van der Waals surface area contributed by atoms with Crippen LogP contribution in [0.2, 0.25) is 0 Å². The Balaban J connectivity index is 1.67. The van der Waals surface area contributed by atoms with E-state index in [9.17, 15) is 4.79 Å². The smallest absolute Gasteiger partial charge is 0.253 e. The van der Waals surface area contributed by atoms with Crippen LogP contribution in [0.1, 0.15) is 80.0 Å². The van der Waals surface area contributed by atoms with E-state index in [1.165, 1.54) is 18.4 Å². The summed E-state index contributed by atoms with van der Waals surface area (Å²) in [6, 6.07) is 6.39. The molecule has 164 valence electrons. The number of benzene rings is 1. The van der Waals surface area contributed by atoms with Gasteiger partial charge in [0, 0.05) is 10.9 Å². The number of hydrogen-bond acceptors (Lipinski definition) is 5. The second-order valence-electron chi connectivity index (χ2n) is 9.58. The van der Waals surface area contributed by atoms with Crippen molar-refractivity contribution in [2.75, 3.05) is 13.1 Å². The van der Waals surface area contributed by atoms with Gasteiger partial charge in [-0.05, 0) is 86.2 Å². The van der Waals surface area contributed by atoms with Crippen molar-refractivity contribution in [3.05, 3.63) is 51.1 Å². The van der Waals surface area contributed by atoms with Gasteiger partial charge in [-0.3, -0.25) is 9.69 Å². The summed E-state index contributed by atoms with van der Waals surface area (Å²) in [6.07, 6.45) is 6.90. The van der Waals surface area contributed by atoms with Gasteiger partial charge in [-0.15, -0.1) is 5.10 Å². The van der Waals surface area contributed by atoms with Crippen LogP contribution in [-0.4, -0.2) is 43.2 Å². The summed E-state index contributed by atoms with van der Waals surface area (Å²) in [6.45, 7) is 8.36. The number of piperidine rings is 1. The fraction of sp³-hybridized carbons (Fsp3) is 0.583. The molecule has 3 heterocycles. The van der Waals surface area contributed by atoms with Crippen LogP contribution in [0.15, 0.2) is 23.0 Å². The van der Waals surface area contributed by atoms with Crippen molar-refractivity contribution in [2.24, 2.45) is 5.92 Å². The molecule has 0 bridgehead atoms. The van der Waals surface area contributed by atoms with Crippen LogP contribution in [0.5, 0.6) is 0 Å². The van der Waals surface area contributed by atoms with Gasteiger partial charge in [-0.2, -0.15) is 0 Å². The van der Waals surface area contributed by atoms with Gasteiger partial charge in [-0.1, -0.05) is 31.9 Å². The molecule has 5 rings (SSSR count). The first kappa shape index (κ1) is 20.4. The SMILES string of the molecule is Cc1ccc(C)c2[nH]c(=O)c([C@@H](c3nnnn3C3CCCC3)N3CCC(C)CC3)cc12. The number of aromatic amines is 1. The van der Waals surface area contributed by atoms with Crippen LogP contribution >= 0.6 is 0 Å². The first-order valence-electron chi connectivity index (χ1n) is 11.7. The van der Waals surface area contributed by atoms with E-state index in [0.29, 0.717) is 12.0 Å². The number of H-pyrrole nitrogens is 1. The summed E-state index contributed by atoms with van der Waals surface area (Å²) in [5.74, 6) is 1.53. The quantitative estimate of drug-likeness (QED) is 0.688. The largest absolute Gasteiger partial charge is 0.321 e. The Morgan fingerprint density at radius 3 is 2.52 bits per heavy atom. The maximum atomic E-state index is 13.4. The zero-order valence-corrected chi connectivity index (χ0v) is 18.8. The van der Waals surface area contributed by atoms with Crippen molar-refractivity contribution in [2.45, 2.75) is 71.4 Å². The molecular weight excluding hydrogens is 388 g/mol. The van der Waals surface area contributed by atoms with Crippen LogP contribution in [0.25, 0.3) is 10.9 Å². The van der Waals surface area contributed by atoms with Crippen LogP contribution in [0.3, 0.4) is 0 Å². The van der Waals surface area contributed by atoms with E-state index in [1.807, 2.05) is 11.6 Å². The van der Waals surface area contributed by atoms with Gasteiger partial charge in [-0.25, -0.2) is 4.68 Å². The number of nitrogens with zero attached hydrogens (tertiary/aromatic N) is 5. The molecule has 31 heavy (non-hydrogen) atoms. The normalized spacial score (nSPS) is 20.0. The predicted molar refractivity (Wildman–Crippen MR) is 121 cm³/mol. The third-order valence-electron chi connectivity index (χ3n) is 7.38. The molecule has 7 nitrogen and oxygen atoms in total. The van der Waals surface area contributed by atoms with E-state index in [1.54, 1.807) is 0 Å². The number of tetrazole rings is 1. The molecule has 2 fully saturated rings. The average molecular weight is 421 g/mol. The zero-order valence-electron chi connectivity index (χ0n) is 18.8. The third kappa shape index (κ3) is 3.69. The number of aromatic nitrogens is 5. The number of fused-ring (bicyclic) bond motifs is 1. The molecule has 0 radical (unpaired) electrons. The highest BCUT2D eigenvalue weighted by Gasteiger charge is 2.34. The number of likely N-dealkylation sites (tertiary alicyclic amines) is 1. The minimum Gasteiger partial charge on any atom is -0.321 e. The summed E-state index contributed by atoms with van der Waals surface area (Å²) in [4.78, 5) is 19.0. The molecule has 1 saturated heterocycles. The first-order chi connectivity index (χ1) is 15.0. The molecule has 1 saturated carbocycles. The predicted octanol–water partition coefficient (Wildman–Crippen LogP) is 4.07. The molecule has 0 amide bonds. The second kappa shape index (κ2) is 8.19. The van der Waals surface area contributed by atoms with Crippen molar-refractivity contribution < 1.29 is 0 Å². The number of hydrogen-bond donors (Lipinski definition) is 1. The van der Waals surface area contributed by atoms with E-state index in [2.05, 4.69) is 57.5 Å². The molecule has 1 aromatic carbocycles. The lowest BCUT2D eigenvalue weighted by Gasteiger charge is -2.36. The molecule has 3 aromatic rings. The Bertz CT molecular complexity index is 1130. The Morgan fingerprint density at radius 2 is 1.77 bits per heavy atom. The summed E-state index contributed by atoms with van der Waals surface area (Å²) in [5, 5.41) is 14.1. The Labute approximate surface area is 182 Å². The van der Waals surface area contributed by atoms with Gasteiger partial charge in [0.15, 0.2) is 5.82 Å². The van der Waals surface area contributed by atoms with Gasteiger partial charge in [0.25, 0.3) is 5.56 Å². The van der Waals surface area contributed by atoms with Gasteiger partial charge in [0.1, 0.15) is 6.04 Å². The third-order valence-corrected chi connectivity index (χ3v) is 7.38. The molecule has 2 aliphatic rings. The monoisotopic (exact) mass is 420 g/mol. The molecule has 1 N–H and O–H groups in total. The van der Waals surface area contributed by atoms with Crippen LogP contribution in [-0.2, 0) is 0 Å². The highest BCUT2D eigenvalue weighted by Crippen LogP contribution is 2.35. The van der Waals surface area contributed by atoms with E-state index < -0.39 is 0 Å². The van der Waals surface area contributed by atoms with Crippen LogP contribution < -0.4 is 5.56 Å². The first-order valence-corrected chi connectivity index (χ1v) is 11.7. The molecular formula is C24H32N6O. The second-order valence-corrected chi connectivity index (χ2v) is 9.58. The molecule has 2 aromatic heterocycles. The lowest BCUT2D eigenvalue weighted by Crippen LogP contribution is -2.40. The van der Waals surface area contributed by atoms with Gasteiger partial charge >= 0.3 is 0 Å². The molecule has 0 spiro atoms. The summed E-state index contributed by atoms with van der Waals surface area (Å²) < 4.78 is 2.02. The molecule has 1 atom stereocenters. The van der Waals surface area contributed by atoms with E-state index in [-0.39, 0.29) is 11.6 Å². The summed E-state index contributed by atoms with van der Waals surface area (Å²) in [5.41, 5.74) is 3.90. The van der Waals surface area contributed by atoms with Gasteiger partial charge in [0.2, 0.25) is 0 Å². The standard InChI is InChI=1S/C24H32N6O/c1-15-10-12-29(13-11-15)22(23-26-27-28-30(23)18-6-4-5-7-18)20-14-19-16(2)8-9-17(3)21(19)25-24(20)31/h8-9,14-15,18,22H,4-7,10-13H2,1-3H3,(H,25,31)/t22-/m0/s1. The summed E-state index contributed by atoms with van der Waals surface area (Å²) >= 11 is 0. The molecule has 7 heteroatoms. The minimum atomic E-state index is -0.226. The Morgan fingerprint density at radius 1 is 1.06 bits per heavy atom. The fourth-order valence-corrected chi connectivity index (χ4v) is 5.37. The molecule has 1 aliphatic heterocycles. The van der Waals surface area contributed by atoms with E-state index >= 15 is 0 Å². The maximum absolute atomic E-state index is 13.4. The molecule has 0 unspecified atom stereocenters. The number of pyridine rings is 1. The van der Waals surface area contributed by atoms with Gasteiger partial charge < -0.3 is 4.98 Å². The minimum absolute atomic E-state index is 0.0363. The lowest BCUT2D eigenvalue weighted by atomic mass is 9.94. The number of aryl methyl sites for hydroxylation is 2. The van der Waals surface area contributed by atoms with Crippen LogP contribution in [0, 0.1) is 19.8 Å². The van der Waals surface area contributed by atoms with E-state index in [0.717, 1.165) is 66.6 Å². The zero-order chi connectivity index (χ0) is 21.5. The highest BCUT2D eigenvalue weighted by atomic mass is 16.1. The highest BCUT2D eigenvalue weighted by molar-refractivity contribution is 5.85. The summed E-state index contributed by atoms with van der Waals surface area (Å²) in [7, 11) is 0. The van der Waals surface area contributed by atoms with Crippen molar-refractivity contribution in [1.29, 1.82) is 0 Å². The average Bonchev–Trinajstić information content (AvgIpc) is 3.45. The fourth-order valence-electron chi connectivity index (χ4n) is 5.37. The van der Waals surface area contributed by atoms with Gasteiger partial charge in [0.05, 0.1) is 11.6 Å². The van der Waals surface area contributed by atoms with Crippen molar-refractivity contribution in [1.82, 2.24) is 30.1 Å². The van der Waals surface area contributed by atoms with Crippen molar-refractivity contribution >= 4 is 10.9 Å². The van der Waals surface area contributed by atoms with Crippen LogP contribution in [0.4, 0.5) is 0 Å². The Hall–Kier alpha value is -2.54. The Kier molecular flexibility index (Phi) is 5.38. The number of nitrogens with one attached hydrogen (secondary N) is 1. The number of rotatable bonds is 4. The van der Waals surface area contributed by atoms with Crippen molar-refractivity contribution in [3.63, 3.8) is 0 Å². The lowest BCUT2D eigenvalue weighted by molar-refractivity contribution is 0.147.